The number of hydrogen-bond acceptors (Lipinski definition) is 4. The molecule has 5 nitrogen and oxygen atoms in total. The van der Waals surface area contributed by atoms with E-state index in [-0.39, 0.29) is 11.6 Å². The van der Waals surface area contributed by atoms with Crippen LogP contribution >= 0.6 is 0 Å². The normalized spacial score (nSPS) is 10.4. The van der Waals surface area contributed by atoms with Gasteiger partial charge in [0.25, 0.3) is 5.91 Å². The maximum absolute atomic E-state index is 12.4. The monoisotopic (exact) mass is 332 g/mol. The Kier molecular flexibility index (Phi) is 4.75. The van der Waals surface area contributed by atoms with Crippen molar-refractivity contribution in [1.82, 2.24) is 10.2 Å². The first-order chi connectivity index (χ1) is 12.1. The summed E-state index contributed by atoms with van der Waals surface area (Å²) in [6.45, 7) is 3.99. The highest BCUT2D eigenvalue weighted by Crippen LogP contribution is 2.21. The highest BCUT2D eigenvalue weighted by Gasteiger charge is 2.12. The van der Waals surface area contributed by atoms with Gasteiger partial charge in [-0.3, -0.25) is 4.79 Å². The van der Waals surface area contributed by atoms with Crippen molar-refractivity contribution >= 4 is 23.1 Å². The minimum absolute atomic E-state index is 0.268. The average Bonchev–Trinajstić information content (AvgIpc) is 2.65. The van der Waals surface area contributed by atoms with Gasteiger partial charge in [-0.05, 0) is 55.3 Å². The van der Waals surface area contributed by atoms with Crippen molar-refractivity contribution in [2.45, 2.75) is 13.8 Å². The van der Waals surface area contributed by atoms with Gasteiger partial charge < -0.3 is 10.2 Å². The van der Waals surface area contributed by atoms with Gasteiger partial charge in [0.1, 0.15) is 0 Å². The maximum Gasteiger partial charge on any atom is 0.276 e. The first-order valence-corrected chi connectivity index (χ1v) is 8.06. The molecule has 2 aromatic carbocycles. The summed E-state index contributed by atoms with van der Waals surface area (Å²) in [5.74, 6) is 0.407. The van der Waals surface area contributed by atoms with Crippen molar-refractivity contribution < 1.29 is 4.79 Å². The van der Waals surface area contributed by atoms with Gasteiger partial charge in [-0.25, -0.2) is 0 Å². The van der Waals surface area contributed by atoms with Gasteiger partial charge in [0.15, 0.2) is 11.5 Å². The number of aromatic nitrogens is 2. The number of nitrogens with one attached hydrogen (secondary N) is 1. The topological polar surface area (TPSA) is 58.1 Å². The standard InChI is InChI=1S/C20H20N4O/c1-14-8-7-11-17(15(14)2)21-20(25)18-12-13-19(23-22-18)24(3)16-9-5-4-6-10-16/h4-13H,1-3H3,(H,21,25). The number of anilines is 3. The van der Waals surface area contributed by atoms with E-state index in [2.05, 4.69) is 15.5 Å². The van der Waals surface area contributed by atoms with E-state index in [9.17, 15) is 4.79 Å². The molecule has 0 bridgehead atoms. The Morgan fingerprint density at radius 3 is 2.36 bits per heavy atom. The quantitative estimate of drug-likeness (QED) is 0.781. The Hall–Kier alpha value is -3.21. The minimum atomic E-state index is -0.268. The molecule has 0 saturated heterocycles. The van der Waals surface area contributed by atoms with Gasteiger partial charge in [0.2, 0.25) is 0 Å². The zero-order chi connectivity index (χ0) is 17.8. The number of aryl methyl sites for hydroxylation is 1. The lowest BCUT2D eigenvalue weighted by molar-refractivity contribution is 0.102. The van der Waals surface area contributed by atoms with Crippen molar-refractivity contribution in [3.63, 3.8) is 0 Å². The summed E-state index contributed by atoms with van der Waals surface area (Å²) in [4.78, 5) is 14.3. The van der Waals surface area contributed by atoms with Crippen LogP contribution in [0.4, 0.5) is 17.2 Å². The van der Waals surface area contributed by atoms with E-state index in [1.54, 1.807) is 12.1 Å². The molecule has 1 amide bonds. The molecule has 0 aliphatic carbocycles. The highest BCUT2D eigenvalue weighted by molar-refractivity contribution is 6.03. The van der Waals surface area contributed by atoms with Crippen LogP contribution in [0.25, 0.3) is 0 Å². The van der Waals surface area contributed by atoms with Crippen molar-refractivity contribution in [3.05, 3.63) is 77.5 Å². The molecular formula is C20H20N4O. The fraction of sp³-hybridized carbons (Fsp3) is 0.150. The average molecular weight is 332 g/mol. The number of hydrogen-bond donors (Lipinski definition) is 1. The predicted octanol–water partition coefficient (Wildman–Crippen LogP) is 4.11. The van der Waals surface area contributed by atoms with Gasteiger partial charge in [0, 0.05) is 18.4 Å². The molecule has 0 spiro atoms. The Balaban J connectivity index is 1.76. The van der Waals surface area contributed by atoms with Crippen LogP contribution in [-0.2, 0) is 0 Å². The summed E-state index contributed by atoms with van der Waals surface area (Å²) in [6.07, 6.45) is 0. The third kappa shape index (κ3) is 3.66. The van der Waals surface area contributed by atoms with Crippen molar-refractivity contribution in [3.8, 4) is 0 Å². The summed E-state index contributed by atoms with van der Waals surface area (Å²) in [6, 6.07) is 19.2. The number of benzene rings is 2. The van der Waals surface area contributed by atoms with Crippen LogP contribution in [-0.4, -0.2) is 23.2 Å². The van der Waals surface area contributed by atoms with Crippen molar-refractivity contribution in [2.24, 2.45) is 0 Å². The van der Waals surface area contributed by atoms with E-state index in [1.165, 1.54) is 0 Å². The minimum Gasteiger partial charge on any atom is -0.328 e. The van der Waals surface area contributed by atoms with E-state index in [4.69, 9.17) is 0 Å². The first-order valence-electron chi connectivity index (χ1n) is 8.06. The van der Waals surface area contributed by atoms with Gasteiger partial charge in [-0.2, -0.15) is 0 Å². The van der Waals surface area contributed by atoms with E-state index in [0.717, 1.165) is 22.5 Å². The Morgan fingerprint density at radius 2 is 1.68 bits per heavy atom. The van der Waals surface area contributed by atoms with Gasteiger partial charge in [-0.15, -0.1) is 10.2 Å². The molecule has 0 aliphatic heterocycles. The molecule has 0 unspecified atom stereocenters. The molecule has 1 heterocycles. The van der Waals surface area contributed by atoms with E-state index in [0.29, 0.717) is 5.82 Å². The number of amides is 1. The third-order valence-electron chi connectivity index (χ3n) is 4.22. The molecule has 0 aliphatic rings. The lowest BCUT2D eigenvalue weighted by Gasteiger charge is -2.17. The number of nitrogens with zero attached hydrogens (tertiary/aromatic N) is 3. The van der Waals surface area contributed by atoms with Gasteiger partial charge in [0.05, 0.1) is 0 Å². The summed E-state index contributed by atoms with van der Waals surface area (Å²) >= 11 is 0. The molecule has 5 heteroatoms. The highest BCUT2D eigenvalue weighted by atomic mass is 16.1. The predicted molar refractivity (Wildman–Crippen MR) is 100 cm³/mol. The van der Waals surface area contributed by atoms with Crippen molar-refractivity contribution in [1.29, 1.82) is 0 Å². The number of rotatable bonds is 4. The van der Waals surface area contributed by atoms with Crippen LogP contribution in [0.3, 0.4) is 0 Å². The molecule has 3 rings (SSSR count). The van der Waals surface area contributed by atoms with Crippen LogP contribution < -0.4 is 10.2 Å². The number of carbonyl (C=O) groups is 1. The van der Waals surface area contributed by atoms with Crippen LogP contribution in [0.15, 0.2) is 60.7 Å². The van der Waals surface area contributed by atoms with Crippen LogP contribution in [0, 0.1) is 13.8 Å². The lowest BCUT2D eigenvalue weighted by atomic mass is 10.1. The van der Waals surface area contributed by atoms with Crippen LogP contribution in [0.5, 0.6) is 0 Å². The Labute approximate surface area is 147 Å². The molecular weight excluding hydrogens is 312 g/mol. The van der Waals surface area contributed by atoms with Crippen LogP contribution in [0.1, 0.15) is 21.6 Å². The summed E-state index contributed by atoms with van der Waals surface area (Å²) in [7, 11) is 1.91. The third-order valence-corrected chi connectivity index (χ3v) is 4.22. The van der Waals surface area contributed by atoms with E-state index >= 15 is 0 Å². The molecule has 1 aromatic heterocycles. The lowest BCUT2D eigenvalue weighted by Crippen LogP contribution is -2.17. The second kappa shape index (κ2) is 7.13. The van der Waals surface area contributed by atoms with Crippen LogP contribution in [0.2, 0.25) is 0 Å². The molecule has 1 N–H and O–H groups in total. The molecule has 0 saturated carbocycles. The number of carbonyl (C=O) groups excluding carboxylic acids is 1. The molecule has 0 atom stereocenters. The molecule has 126 valence electrons. The van der Waals surface area contributed by atoms with Crippen molar-refractivity contribution in [2.75, 3.05) is 17.3 Å². The summed E-state index contributed by atoms with van der Waals surface area (Å²) in [5.41, 5.74) is 4.25. The zero-order valence-corrected chi connectivity index (χ0v) is 14.5. The molecule has 25 heavy (non-hydrogen) atoms. The Bertz CT molecular complexity index is 876. The zero-order valence-electron chi connectivity index (χ0n) is 14.5. The first kappa shape index (κ1) is 16.6. The van der Waals surface area contributed by atoms with E-state index in [1.807, 2.05) is 74.3 Å². The Morgan fingerprint density at radius 1 is 0.920 bits per heavy atom. The largest absolute Gasteiger partial charge is 0.328 e. The fourth-order valence-corrected chi connectivity index (χ4v) is 2.48. The smallest absolute Gasteiger partial charge is 0.276 e. The summed E-state index contributed by atoms with van der Waals surface area (Å²) < 4.78 is 0. The summed E-state index contributed by atoms with van der Waals surface area (Å²) in [5, 5.41) is 11.1. The number of para-hydroxylation sites is 1. The molecule has 0 radical (unpaired) electrons. The van der Waals surface area contributed by atoms with Gasteiger partial charge in [-0.1, -0.05) is 30.3 Å². The van der Waals surface area contributed by atoms with E-state index < -0.39 is 0 Å². The second-order valence-electron chi connectivity index (χ2n) is 5.87. The molecule has 0 fully saturated rings. The van der Waals surface area contributed by atoms with Gasteiger partial charge >= 0.3 is 0 Å². The SMILES string of the molecule is Cc1cccc(NC(=O)c2ccc(N(C)c3ccccc3)nn2)c1C. The second-order valence-corrected chi connectivity index (χ2v) is 5.87. The fourth-order valence-electron chi connectivity index (χ4n) is 2.48. The molecule has 3 aromatic rings. The maximum atomic E-state index is 12.4.